The zero-order chi connectivity index (χ0) is 13.4. The first-order valence-corrected chi connectivity index (χ1v) is 6.94. The van der Waals surface area contributed by atoms with Crippen molar-refractivity contribution in [3.63, 3.8) is 0 Å². The molecule has 112 valence electrons. The molecule has 19 heavy (non-hydrogen) atoms. The fourth-order valence-corrected chi connectivity index (χ4v) is 1.91. The van der Waals surface area contributed by atoms with Crippen molar-refractivity contribution in [1.29, 1.82) is 0 Å². The molecule has 1 heterocycles. The first-order valence-electron chi connectivity index (χ1n) is 6.94. The average Bonchev–Trinajstić information content (AvgIpc) is 2.38. The minimum absolute atomic E-state index is 0. The highest BCUT2D eigenvalue weighted by atomic mass is 127. The Labute approximate surface area is 133 Å². The lowest BCUT2D eigenvalue weighted by molar-refractivity contribution is -0.123. The molecule has 0 aromatic heterocycles. The zero-order valence-electron chi connectivity index (χ0n) is 12.0. The Morgan fingerprint density at radius 2 is 1.95 bits per heavy atom. The molecule has 0 spiro atoms. The van der Waals surface area contributed by atoms with Crippen molar-refractivity contribution in [2.75, 3.05) is 26.2 Å². The predicted molar refractivity (Wildman–Crippen MR) is 89.8 cm³/mol. The number of likely N-dealkylation sites (tertiary alicyclic amines) is 1. The smallest absolute Gasteiger partial charge is 0.222 e. The molecule has 0 bridgehead atoms. The maximum atomic E-state index is 11.3. The maximum Gasteiger partial charge on any atom is 0.222 e. The van der Waals surface area contributed by atoms with Crippen LogP contribution in [0.2, 0.25) is 0 Å². The highest BCUT2D eigenvalue weighted by Crippen LogP contribution is 2.07. The second kappa shape index (κ2) is 10.3. The van der Waals surface area contributed by atoms with Gasteiger partial charge in [-0.25, -0.2) is 0 Å². The third-order valence-electron chi connectivity index (χ3n) is 3.11. The molecule has 0 atom stereocenters. The van der Waals surface area contributed by atoms with Gasteiger partial charge in [0.1, 0.15) is 0 Å². The Bertz CT molecular complexity index is 288. The standard InChI is InChI=1S/C13H26N4O.HI/c1-11(2)12(18)15-7-6-8-16-13(14)17-9-4-3-5-10-17;/h11H,3-10H2,1-2H3,(H2,14,16)(H,15,18);1H. The summed E-state index contributed by atoms with van der Waals surface area (Å²) in [5, 5.41) is 2.87. The summed E-state index contributed by atoms with van der Waals surface area (Å²) in [5.41, 5.74) is 5.93. The number of hydrogen-bond acceptors (Lipinski definition) is 2. The number of halogens is 1. The first-order chi connectivity index (χ1) is 8.61. The molecule has 1 rings (SSSR count). The summed E-state index contributed by atoms with van der Waals surface area (Å²) in [6, 6.07) is 0. The van der Waals surface area contributed by atoms with Crippen LogP contribution in [0.4, 0.5) is 0 Å². The minimum Gasteiger partial charge on any atom is -0.370 e. The van der Waals surface area contributed by atoms with E-state index >= 15 is 0 Å². The van der Waals surface area contributed by atoms with E-state index in [0.29, 0.717) is 19.0 Å². The molecule has 1 saturated heterocycles. The number of carbonyl (C=O) groups excluding carboxylic acids is 1. The number of rotatable bonds is 5. The van der Waals surface area contributed by atoms with Gasteiger partial charge in [0.05, 0.1) is 0 Å². The molecule has 0 radical (unpaired) electrons. The molecule has 1 amide bonds. The van der Waals surface area contributed by atoms with E-state index in [1.807, 2.05) is 13.8 Å². The largest absolute Gasteiger partial charge is 0.370 e. The van der Waals surface area contributed by atoms with Crippen molar-refractivity contribution >= 4 is 35.8 Å². The average molecular weight is 382 g/mol. The van der Waals surface area contributed by atoms with Gasteiger partial charge >= 0.3 is 0 Å². The van der Waals surface area contributed by atoms with E-state index < -0.39 is 0 Å². The summed E-state index contributed by atoms with van der Waals surface area (Å²) >= 11 is 0. The van der Waals surface area contributed by atoms with Crippen LogP contribution < -0.4 is 11.1 Å². The molecule has 0 unspecified atom stereocenters. The Morgan fingerprint density at radius 1 is 1.32 bits per heavy atom. The Balaban J connectivity index is 0.00000324. The quantitative estimate of drug-likeness (QED) is 0.328. The van der Waals surface area contributed by atoms with E-state index in [1.54, 1.807) is 0 Å². The first kappa shape index (κ1) is 18.5. The third kappa shape index (κ3) is 7.59. The lowest BCUT2D eigenvalue weighted by atomic mass is 10.1. The zero-order valence-corrected chi connectivity index (χ0v) is 14.4. The molecule has 3 N–H and O–H groups in total. The third-order valence-corrected chi connectivity index (χ3v) is 3.11. The van der Waals surface area contributed by atoms with Crippen LogP contribution in [-0.4, -0.2) is 42.9 Å². The number of aliphatic imine (C=N–C) groups is 1. The fourth-order valence-electron chi connectivity index (χ4n) is 1.91. The van der Waals surface area contributed by atoms with Crippen LogP contribution in [0.1, 0.15) is 39.5 Å². The van der Waals surface area contributed by atoms with Gasteiger partial charge in [0.15, 0.2) is 5.96 Å². The van der Waals surface area contributed by atoms with Crippen LogP contribution in [0.5, 0.6) is 0 Å². The molecule has 0 saturated carbocycles. The molecule has 0 aromatic rings. The minimum atomic E-state index is 0. The van der Waals surface area contributed by atoms with Gasteiger partial charge in [-0.3, -0.25) is 9.79 Å². The van der Waals surface area contributed by atoms with Gasteiger partial charge < -0.3 is 16.0 Å². The van der Waals surface area contributed by atoms with E-state index in [-0.39, 0.29) is 35.8 Å². The molecule has 0 aromatic carbocycles. The van der Waals surface area contributed by atoms with Gasteiger partial charge in [0, 0.05) is 32.1 Å². The van der Waals surface area contributed by atoms with Crippen molar-refractivity contribution in [2.24, 2.45) is 16.6 Å². The maximum absolute atomic E-state index is 11.3. The topological polar surface area (TPSA) is 70.7 Å². The van der Waals surface area contributed by atoms with Gasteiger partial charge in [0.25, 0.3) is 0 Å². The summed E-state index contributed by atoms with van der Waals surface area (Å²) < 4.78 is 0. The van der Waals surface area contributed by atoms with E-state index in [4.69, 9.17) is 5.73 Å². The van der Waals surface area contributed by atoms with Crippen molar-refractivity contribution in [2.45, 2.75) is 39.5 Å². The number of carbonyl (C=O) groups is 1. The number of piperidine rings is 1. The molecular weight excluding hydrogens is 355 g/mol. The lowest BCUT2D eigenvalue weighted by Gasteiger charge is -2.27. The molecule has 5 nitrogen and oxygen atoms in total. The van der Waals surface area contributed by atoms with Crippen molar-refractivity contribution in [1.82, 2.24) is 10.2 Å². The lowest BCUT2D eigenvalue weighted by Crippen LogP contribution is -2.41. The molecule has 1 aliphatic heterocycles. The molecule has 1 fully saturated rings. The van der Waals surface area contributed by atoms with Gasteiger partial charge in [-0.15, -0.1) is 24.0 Å². The number of amides is 1. The molecule has 0 aliphatic carbocycles. The summed E-state index contributed by atoms with van der Waals surface area (Å²) in [4.78, 5) is 17.8. The van der Waals surface area contributed by atoms with Crippen molar-refractivity contribution in [3.05, 3.63) is 0 Å². The summed E-state index contributed by atoms with van der Waals surface area (Å²) in [5.74, 6) is 0.805. The van der Waals surface area contributed by atoms with Crippen LogP contribution in [0, 0.1) is 5.92 Å². The van der Waals surface area contributed by atoms with E-state index in [0.717, 1.165) is 19.5 Å². The highest BCUT2D eigenvalue weighted by molar-refractivity contribution is 14.0. The molecular formula is C13H27IN4O. The Hall–Kier alpha value is -0.530. The molecule has 1 aliphatic rings. The molecule has 6 heteroatoms. The van der Waals surface area contributed by atoms with Gasteiger partial charge in [-0.2, -0.15) is 0 Å². The van der Waals surface area contributed by atoms with Crippen molar-refractivity contribution < 1.29 is 4.79 Å². The summed E-state index contributed by atoms with van der Waals surface area (Å²) in [7, 11) is 0. The fraction of sp³-hybridized carbons (Fsp3) is 0.846. The highest BCUT2D eigenvalue weighted by Gasteiger charge is 2.11. The Kier molecular flexibility index (Phi) is 9.99. The van der Waals surface area contributed by atoms with Gasteiger partial charge in [-0.1, -0.05) is 13.8 Å². The Morgan fingerprint density at radius 3 is 2.53 bits per heavy atom. The number of nitrogens with one attached hydrogen (secondary N) is 1. The van der Waals surface area contributed by atoms with Crippen molar-refractivity contribution in [3.8, 4) is 0 Å². The predicted octanol–water partition coefficient (Wildman–Crippen LogP) is 1.57. The SMILES string of the molecule is CC(C)C(=O)NCCCN=C(N)N1CCCCC1.I. The van der Waals surface area contributed by atoms with Crippen LogP contribution in [0.25, 0.3) is 0 Å². The second-order valence-electron chi connectivity index (χ2n) is 5.09. The van der Waals surface area contributed by atoms with Crippen LogP contribution in [0.15, 0.2) is 4.99 Å². The number of nitrogens with two attached hydrogens (primary N) is 1. The van der Waals surface area contributed by atoms with E-state index in [1.165, 1.54) is 19.3 Å². The van der Waals surface area contributed by atoms with E-state index in [9.17, 15) is 4.79 Å². The van der Waals surface area contributed by atoms with Gasteiger partial charge in [-0.05, 0) is 25.7 Å². The van der Waals surface area contributed by atoms with Crippen LogP contribution in [0.3, 0.4) is 0 Å². The van der Waals surface area contributed by atoms with Crippen LogP contribution in [-0.2, 0) is 4.79 Å². The normalized spacial score (nSPS) is 16.2. The van der Waals surface area contributed by atoms with Crippen LogP contribution >= 0.6 is 24.0 Å². The monoisotopic (exact) mass is 382 g/mol. The number of nitrogens with zero attached hydrogens (tertiary/aromatic N) is 2. The summed E-state index contributed by atoms with van der Waals surface area (Å²) in [6.07, 6.45) is 4.55. The van der Waals surface area contributed by atoms with E-state index in [2.05, 4.69) is 15.2 Å². The summed E-state index contributed by atoms with van der Waals surface area (Å²) in [6.45, 7) is 7.19. The van der Waals surface area contributed by atoms with Gasteiger partial charge in [0.2, 0.25) is 5.91 Å². The number of hydrogen-bond donors (Lipinski definition) is 2. The second-order valence-corrected chi connectivity index (χ2v) is 5.09. The number of guanidine groups is 1.